The minimum absolute atomic E-state index is 0.719. The first-order valence-corrected chi connectivity index (χ1v) is 5.53. The summed E-state index contributed by atoms with van der Waals surface area (Å²) in [5, 5.41) is 1.44. The van der Waals surface area contributed by atoms with E-state index >= 15 is 0 Å². The van der Waals surface area contributed by atoms with Crippen LogP contribution in [0.3, 0.4) is 0 Å². The standard InChI is InChI=1S/C14H8Cl2/c15-13-7-3-11(4-8-13)1-2-12-5-9-14(16)10-6-12/h3-10H. The van der Waals surface area contributed by atoms with Gasteiger partial charge >= 0.3 is 0 Å². The number of hydrogen-bond acceptors (Lipinski definition) is 0. The maximum atomic E-state index is 5.78. The monoisotopic (exact) mass is 246 g/mol. The first kappa shape index (κ1) is 11.1. The molecule has 0 nitrogen and oxygen atoms in total. The fraction of sp³-hybridized carbons (Fsp3) is 0. The van der Waals surface area contributed by atoms with Crippen molar-refractivity contribution in [3.05, 3.63) is 69.7 Å². The van der Waals surface area contributed by atoms with Gasteiger partial charge in [0.15, 0.2) is 0 Å². The summed E-state index contributed by atoms with van der Waals surface area (Å²) in [5.74, 6) is 6.11. The van der Waals surface area contributed by atoms with Crippen molar-refractivity contribution in [2.75, 3.05) is 0 Å². The topological polar surface area (TPSA) is 0 Å². The second-order valence-electron chi connectivity index (χ2n) is 3.26. The van der Waals surface area contributed by atoms with Crippen molar-refractivity contribution in [1.29, 1.82) is 0 Å². The molecular formula is C14H8Cl2. The largest absolute Gasteiger partial charge is 0.0843 e. The molecule has 16 heavy (non-hydrogen) atoms. The Kier molecular flexibility index (Phi) is 3.51. The summed E-state index contributed by atoms with van der Waals surface area (Å²) in [5.41, 5.74) is 1.89. The fourth-order valence-electron chi connectivity index (χ4n) is 1.21. The highest BCUT2D eigenvalue weighted by Crippen LogP contribution is 2.10. The minimum Gasteiger partial charge on any atom is -0.0843 e. The minimum atomic E-state index is 0.719. The van der Waals surface area contributed by atoms with Gasteiger partial charge in [0.2, 0.25) is 0 Å². The average molecular weight is 247 g/mol. The molecule has 0 aliphatic heterocycles. The molecule has 2 rings (SSSR count). The molecule has 78 valence electrons. The Morgan fingerprint density at radius 1 is 0.562 bits per heavy atom. The highest BCUT2D eigenvalue weighted by atomic mass is 35.5. The Morgan fingerprint density at radius 2 is 0.875 bits per heavy atom. The van der Waals surface area contributed by atoms with E-state index in [0.717, 1.165) is 21.2 Å². The summed E-state index contributed by atoms with van der Waals surface area (Å²) in [6.45, 7) is 0. The second-order valence-corrected chi connectivity index (χ2v) is 4.14. The maximum absolute atomic E-state index is 5.78. The molecule has 0 aliphatic carbocycles. The zero-order chi connectivity index (χ0) is 11.4. The molecule has 2 aromatic carbocycles. The van der Waals surface area contributed by atoms with Crippen molar-refractivity contribution in [1.82, 2.24) is 0 Å². The van der Waals surface area contributed by atoms with Crippen molar-refractivity contribution in [3.63, 3.8) is 0 Å². The van der Waals surface area contributed by atoms with Gasteiger partial charge in [-0.25, -0.2) is 0 Å². The quantitative estimate of drug-likeness (QED) is 0.605. The van der Waals surface area contributed by atoms with Crippen LogP contribution < -0.4 is 0 Å². The number of rotatable bonds is 0. The molecule has 0 bridgehead atoms. The van der Waals surface area contributed by atoms with E-state index in [-0.39, 0.29) is 0 Å². The van der Waals surface area contributed by atoms with Crippen LogP contribution in [0.4, 0.5) is 0 Å². The third kappa shape index (κ3) is 3.03. The number of benzene rings is 2. The highest BCUT2D eigenvalue weighted by molar-refractivity contribution is 6.30. The first-order chi connectivity index (χ1) is 7.74. The summed E-state index contributed by atoms with van der Waals surface area (Å²) >= 11 is 11.6. The lowest BCUT2D eigenvalue weighted by Crippen LogP contribution is -1.75. The van der Waals surface area contributed by atoms with E-state index in [1.165, 1.54) is 0 Å². The molecule has 0 unspecified atom stereocenters. The van der Waals surface area contributed by atoms with Crippen molar-refractivity contribution in [2.45, 2.75) is 0 Å². The van der Waals surface area contributed by atoms with Gasteiger partial charge in [0.05, 0.1) is 0 Å². The second kappa shape index (κ2) is 5.07. The van der Waals surface area contributed by atoms with Crippen LogP contribution in [0, 0.1) is 11.8 Å². The Hall–Kier alpha value is -1.42. The van der Waals surface area contributed by atoms with E-state index in [1.807, 2.05) is 48.5 Å². The zero-order valence-corrected chi connectivity index (χ0v) is 9.89. The lowest BCUT2D eigenvalue weighted by atomic mass is 10.2. The van der Waals surface area contributed by atoms with Crippen molar-refractivity contribution in [2.24, 2.45) is 0 Å². The van der Waals surface area contributed by atoms with E-state index in [9.17, 15) is 0 Å². The van der Waals surface area contributed by atoms with Crippen LogP contribution in [0.25, 0.3) is 0 Å². The summed E-state index contributed by atoms with van der Waals surface area (Å²) < 4.78 is 0. The highest BCUT2D eigenvalue weighted by Gasteiger charge is 1.89. The van der Waals surface area contributed by atoms with E-state index < -0.39 is 0 Å². The number of halogens is 2. The summed E-state index contributed by atoms with van der Waals surface area (Å²) in [6, 6.07) is 14.9. The lowest BCUT2D eigenvalue weighted by Gasteiger charge is -1.91. The molecule has 2 heteroatoms. The molecule has 0 saturated heterocycles. The van der Waals surface area contributed by atoms with Crippen LogP contribution in [-0.2, 0) is 0 Å². The van der Waals surface area contributed by atoms with Gasteiger partial charge in [-0.2, -0.15) is 0 Å². The number of hydrogen-bond donors (Lipinski definition) is 0. The molecule has 0 atom stereocenters. The molecule has 2 aromatic rings. The van der Waals surface area contributed by atoms with Crippen LogP contribution in [0.1, 0.15) is 11.1 Å². The van der Waals surface area contributed by atoms with E-state index in [2.05, 4.69) is 11.8 Å². The van der Waals surface area contributed by atoms with Gasteiger partial charge in [0.25, 0.3) is 0 Å². The van der Waals surface area contributed by atoms with Crippen LogP contribution in [0.15, 0.2) is 48.5 Å². The third-order valence-corrected chi connectivity index (χ3v) is 2.54. The predicted octanol–water partition coefficient (Wildman–Crippen LogP) is 4.39. The van der Waals surface area contributed by atoms with Gasteiger partial charge < -0.3 is 0 Å². The zero-order valence-electron chi connectivity index (χ0n) is 8.37. The van der Waals surface area contributed by atoms with Crippen molar-refractivity contribution in [3.8, 4) is 11.8 Å². The maximum Gasteiger partial charge on any atom is 0.0406 e. The molecule has 0 aromatic heterocycles. The molecule has 0 radical (unpaired) electrons. The van der Waals surface area contributed by atoms with Gasteiger partial charge in [0, 0.05) is 21.2 Å². The Labute approximate surface area is 105 Å². The predicted molar refractivity (Wildman–Crippen MR) is 68.9 cm³/mol. The SMILES string of the molecule is Clc1ccc(C#Cc2ccc(Cl)cc2)cc1. The Bertz CT molecular complexity index is 478. The average Bonchev–Trinajstić information content (AvgIpc) is 2.30. The summed E-state index contributed by atoms with van der Waals surface area (Å²) in [7, 11) is 0. The van der Waals surface area contributed by atoms with E-state index in [1.54, 1.807) is 0 Å². The van der Waals surface area contributed by atoms with Gasteiger partial charge in [-0.1, -0.05) is 35.0 Å². The van der Waals surface area contributed by atoms with Crippen LogP contribution in [0.2, 0.25) is 10.0 Å². The van der Waals surface area contributed by atoms with E-state index in [4.69, 9.17) is 23.2 Å². The summed E-state index contributed by atoms with van der Waals surface area (Å²) in [4.78, 5) is 0. The van der Waals surface area contributed by atoms with Gasteiger partial charge in [-0.15, -0.1) is 0 Å². The van der Waals surface area contributed by atoms with Gasteiger partial charge in [-0.05, 0) is 48.5 Å². The third-order valence-electron chi connectivity index (χ3n) is 2.04. The molecule has 0 saturated carbocycles. The lowest BCUT2D eigenvalue weighted by molar-refractivity contribution is 1.62. The van der Waals surface area contributed by atoms with Gasteiger partial charge in [-0.3, -0.25) is 0 Å². The summed E-state index contributed by atoms with van der Waals surface area (Å²) in [6.07, 6.45) is 0. The fourth-order valence-corrected chi connectivity index (χ4v) is 1.46. The van der Waals surface area contributed by atoms with Crippen LogP contribution >= 0.6 is 23.2 Å². The molecule has 0 N–H and O–H groups in total. The smallest absolute Gasteiger partial charge is 0.0406 e. The Morgan fingerprint density at radius 3 is 1.19 bits per heavy atom. The first-order valence-electron chi connectivity index (χ1n) is 4.77. The van der Waals surface area contributed by atoms with Crippen molar-refractivity contribution < 1.29 is 0 Å². The normalized spacial score (nSPS) is 9.38. The van der Waals surface area contributed by atoms with Crippen LogP contribution in [0.5, 0.6) is 0 Å². The molecular weight excluding hydrogens is 239 g/mol. The molecule has 0 aliphatic rings. The molecule has 0 amide bonds. The van der Waals surface area contributed by atoms with Gasteiger partial charge in [0.1, 0.15) is 0 Å². The molecule has 0 fully saturated rings. The Balaban J connectivity index is 2.21. The molecule has 0 spiro atoms. The molecule has 0 heterocycles. The van der Waals surface area contributed by atoms with Crippen molar-refractivity contribution >= 4 is 23.2 Å². The van der Waals surface area contributed by atoms with E-state index in [0.29, 0.717) is 0 Å². The van der Waals surface area contributed by atoms with Crippen LogP contribution in [-0.4, -0.2) is 0 Å².